The van der Waals surface area contributed by atoms with Gasteiger partial charge >= 0.3 is 0 Å². The van der Waals surface area contributed by atoms with Gasteiger partial charge in [-0.2, -0.15) is 0 Å². The van der Waals surface area contributed by atoms with Crippen molar-refractivity contribution in [2.75, 3.05) is 20.3 Å². The average Bonchev–Trinajstić information content (AvgIpc) is 3.31. The Morgan fingerprint density at radius 1 is 1.03 bits per heavy atom. The van der Waals surface area contributed by atoms with Crippen LogP contribution in [-0.4, -0.2) is 43.0 Å². The summed E-state index contributed by atoms with van der Waals surface area (Å²) in [5, 5.41) is 8.14. The number of methoxy groups -OCH3 is 1. The molecule has 0 saturated carbocycles. The summed E-state index contributed by atoms with van der Waals surface area (Å²) in [6.45, 7) is 2.02. The van der Waals surface area contributed by atoms with E-state index in [-0.39, 0.29) is 24.5 Å². The van der Waals surface area contributed by atoms with Gasteiger partial charge in [-0.1, -0.05) is 48.0 Å². The molecule has 1 atom stereocenters. The van der Waals surface area contributed by atoms with Crippen LogP contribution in [0, 0.1) is 0 Å². The van der Waals surface area contributed by atoms with Crippen LogP contribution in [0.2, 0.25) is 5.02 Å². The van der Waals surface area contributed by atoms with Crippen molar-refractivity contribution in [2.45, 2.75) is 25.9 Å². The molecule has 1 radical (unpaired) electrons. The first-order chi connectivity index (χ1) is 17.9. The molecule has 1 aliphatic rings. The number of carbonyl (C=O) groups is 2. The van der Waals surface area contributed by atoms with Crippen molar-refractivity contribution in [3.8, 4) is 11.5 Å². The normalized spacial score (nSPS) is 12.6. The average molecular weight is 519 g/mol. The van der Waals surface area contributed by atoms with Crippen LogP contribution >= 0.6 is 11.6 Å². The van der Waals surface area contributed by atoms with Gasteiger partial charge in [0.15, 0.2) is 6.61 Å². The molecule has 1 unspecified atom stereocenters. The van der Waals surface area contributed by atoms with Crippen LogP contribution in [0.5, 0.6) is 11.5 Å². The van der Waals surface area contributed by atoms with Gasteiger partial charge in [-0.05, 0) is 48.4 Å². The molecule has 37 heavy (non-hydrogen) atoms. The summed E-state index contributed by atoms with van der Waals surface area (Å²) < 4.78 is 11.1. The first-order valence-electron chi connectivity index (χ1n) is 12.0. The molecule has 4 rings (SSSR count). The minimum absolute atomic E-state index is 0.104. The summed E-state index contributed by atoms with van der Waals surface area (Å²) in [6, 6.07) is 21.9. The topological polar surface area (TPSA) is 82.0 Å². The minimum Gasteiger partial charge on any atom is -0.496 e. The molecule has 2 amide bonds. The van der Waals surface area contributed by atoms with Crippen LogP contribution in [0.15, 0.2) is 79.0 Å². The molecule has 7 nitrogen and oxygen atoms in total. The molecule has 191 valence electrons. The number of nitrogens with zero attached hydrogens (tertiary/aromatic N) is 2. The van der Waals surface area contributed by atoms with Crippen molar-refractivity contribution in [1.82, 2.24) is 15.5 Å². The molecule has 3 aromatic rings. The first kappa shape index (κ1) is 26.1. The van der Waals surface area contributed by atoms with Crippen LogP contribution in [0.3, 0.4) is 0 Å². The zero-order chi connectivity index (χ0) is 26.2. The van der Waals surface area contributed by atoms with E-state index >= 15 is 0 Å². The molecule has 8 heteroatoms. The summed E-state index contributed by atoms with van der Waals surface area (Å²) in [5.74, 6) is 0.860. The maximum Gasteiger partial charge on any atom is 0.258 e. The number of halogens is 1. The fourth-order valence-electron chi connectivity index (χ4n) is 4.22. The Bertz CT molecular complexity index is 1280. The molecular formula is C29H29ClN3O4. The molecule has 0 bridgehead atoms. The van der Waals surface area contributed by atoms with E-state index in [0.29, 0.717) is 36.0 Å². The van der Waals surface area contributed by atoms with Crippen LogP contribution in [0.4, 0.5) is 5.69 Å². The number of hydrogen-bond acceptors (Lipinski definition) is 4. The molecule has 0 aliphatic carbocycles. The molecule has 0 spiro atoms. The van der Waals surface area contributed by atoms with E-state index in [4.69, 9.17) is 21.1 Å². The lowest BCUT2D eigenvalue weighted by atomic mass is 9.99. The van der Waals surface area contributed by atoms with E-state index in [1.807, 2.05) is 54.7 Å². The summed E-state index contributed by atoms with van der Waals surface area (Å²) >= 11 is 5.92. The Kier molecular flexibility index (Phi) is 8.69. The number of rotatable bonds is 11. The highest BCUT2D eigenvalue weighted by atomic mass is 35.5. The maximum absolute atomic E-state index is 12.9. The van der Waals surface area contributed by atoms with E-state index in [0.717, 1.165) is 22.4 Å². The van der Waals surface area contributed by atoms with Crippen LogP contribution in [-0.2, 0) is 16.1 Å². The van der Waals surface area contributed by atoms with Crippen LogP contribution in [0.25, 0.3) is 5.57 Å². The van der Waals surface area contributed by atoms with E-state index in [1.54, 1.807) is 36.3 Å². The highest BCUT2D eigenvalue weighted by Crippen LogP contribution is 2.33. The van der Waals surface area contributed by atoms with Gasteiger partial charge < -0.3 is 19.7 Å². The maximum atomic E-state index is 12.9. The molecular weight excluding hydrogens is 490 g/mol. The molecule has 1 heterocycles. The van der Waals surface area contributed by atoms with E-state index in [1.165, 1.54) is 6.92 Å². The SMILES string of the molecule is COc1ccccc1CN(CC(CC1=C[N]c2ccccc21)NC(=O)COc1ccc(Cl)cc1)C(C)=O. The molecule has 0 fully saturated rings. The van der Waals surface area contributed by atoms with Gasteiger partial charge in [-0.3, -0.25) is 14.9 Å². The van der Waals surface area contributed by atoms with Gasteiger partial charge in [0.25, 0.3) is 5.91 Å². The van der Waals surface area contributed by atoms with Crippen molar-refractivity contribution in [3.05, 3.63) is 95.1 Å². The minimum atomic E-state index is -0.368. The fraction of sp³-hybridized carbons (Fsp3) is 0.241. The third-order valence-electron chi connectivity index (χ3n) is 6.06. The Hall–Kier alpha value is -3.97. The summed E-state index contributed by atoms with van der Waals surface area (Å²) in [7, 11) is 1.61. The fourth-order valence-corrected chi connectivity index (χ4v) is 4.35. The third-order valence-corrected chi connectivity index (χ3v) is 6.32. The first-order valence-corrected chi connectivity index (χ1v) is 12.3. The van der Waals surface area contributed by atoms with Crippen LogP contribution < -0.4 is 20.1 Å². The zero-order valence-electron chi connectivity index (χ0n) is 20.8. The van der Waals surface area contributed by atoms with Crippen molar-refractivity contribution in [2.24, 2.45) is 0 Å². The standard InChI is InChI=1S/C29H29ClN3O4/c1-20(34)33(17-21-7-3-6-10-28(21)36-2)18-24(15-22-16-31-27-9-5-4-8-26(22)27)32-29(35)19-37-25-13-11-23(30)12-14-25/h3-14,16,24H,15,17-19H2,1-2H3,(H,32,35). The molecule has 0 aromatic heterocycles. The Balaban J connectivity index is 1.49. The summed E-state index contributed by atoms with van der Waals surface area (Å²) in [4.78, 5) is 27.3. The van der Waals surface area contributed by atoms with Crippen LogP contribution in [0.1, 0.15) is 24.5 Å². The van der Waals surface area contributed by atoms with Crippen molar-refractivity contribution in [3.63, 3.8) is 0 Å². The molecule has 3 aromatic carbocycles. The number of nitrogens with one attached hydrogen (secondary N) is 1. The van der Waals surface area contributed by atoms with Gasteiger partial charge in [0.2, 0.25) is 5.91 Å². The lowest BCUT2D eigenvalue weighted by Crippen LogP contribution is -2.46. The van der Waals surface area contributed by atoms with Crippen molar-refractivity contribution >= 4 is 34.7 Å². The monoisotopic (exact) mass is 518 g/mol. The zero-order valence-corrected chi connectivity index (χ0v) is 21.6. The Labute approximate surface area is 222 Å². The van der Waals surface area contributed by atoms with Crippen molar-refractivity contribution in [1.29, 1.82) is 0 Å². The Morgan fingerprint density at radius 2 is 1.76 bits per heavy atom. The van der Waals surface area contributed by atoms with E-state index < -0.39 is 0 Å². The quantitative estimate of drug-likeness (QED) is 0.390. The number of carbonyl (C=O) groups excluding carboxylic acids is 2. The largest absolute Gasteiger partial charge is 0.496 e. The smallest absolute Gasteiger partial charge is 0.258 e. The summed E-state index contributed by atoms with van der Waals surface area (Å²) in [5.41, 5.74) is 3.81. The Morgan fingerprint density at radius 3 is 2.51 bits per heavy atom. The van der Waals surface area contributed by atoms with Crippen molar-refractivity contribution < 1.29 is 19.1 Å². The van der Waals surface area contributed by atoms with Gasteiger partial charge in [-0.25, -0.2) is 0 Å². The highest BCUT2D eigenvalue weighted by molar-refractivity contribution is 6.30. The van der Waals surface area contributed by atoms with Gasteiger partial charge in [-0.15, -0.1) is 0 Å². The molecule has 1 aliphatic heterocycles. The number of ether oxygens (including phenoxy) is 2. The third kappa shape index (κ3) is 7.05. The van der Waals surface area contributed by atoms with E-state index in [2.05, 4.69) is 10.6 Å². The second-order valence-electron chi connectivity index (χ2n) is 8.72. The second kappa shape index (κ2) is 12.3. The van der Waals surface area contributed by atoms with Gasteiger partial charge in [0.05, 0.1) is 18.8 Å². The number of benzene rings is 3. The van der Waals surface area contributed by atoms with Gasteiger partial charge in [0, 0.05) is 42.4 Å². The molecule has 1 N–H and O–H groups in total. The highest BCUT2D eigenvalue weighted by Gasteiger charge is 2.24. The predicted octanol–water partition coefficient (Wildman–Crippen LogP) is 4.94. The van der Waals surface area contributed by atoms with E-state index in [9.17, 15) is 9.59 Å². The number of fused-ring (bicyclic) bond motifs is 1. The predicted molar refractivity (Wildman–Crippen MR) is 144 cm³/mol. The van der Waals surface area contributed by atoms with Gasteiger partial charge in [0.1, 0.15) is 11.5 Å². The number of para-hydroxylation sites is 2. The lowest BCUT2D eigenvalue weighted by Gasteiger charge is -2.28. The second-order valence-corrected chi connectivity index (χ2v) is 9.16. The number of amides is 2. The lowest BCUT2D eigenvalue weighted by molar-refractivity contribution is -0.131. The summed E-state index contributed by atoms with van der Waals surface area (Å²) in [6.07, 6.45) is 2.33. The number of hydrogen-bond donors (Lipinski definition) is 1. The molecule has 0 saturated heterocycles.